The van der Waals surface area contributed by atoms with Gasteiger partial charge in [0.05, 0.1) is 35.1 Å². The largest absolute Gasteiger partial charge is 0.382 e. The zero-order valence-corrected chi connectivity index (χ0v) is 17.0. The molecule has 1 unspecified atom stereocenters. The topological polar surface area (TPSA) is 80.5 Å². The van der Waals surface area contributed by atoms with Crippen LogP contribution in [0.15, 0.2) is 59.5 Å². The number of nitrogens with two attached hydrogens (primary N) is 1. The fraction of sp³-hybridized carbons (Fsp3) is 0.318. The smallest absolute Gasteiger partial charge is 0.131 e. The van der Waals surface area contributed by atoms with E-state index in [9.17, 15) is 4.21 Å². The SMILES string of the molecule is NC1(CNc2cc(N3CCS(=O)c4ccccc4C3)nc3ccccc23)COC1. The van der Waals surface area contributed by atoms with Gasteiger partial charge in [-0.25, -0.2) is 4.98 Å². The minimum atomic E-state index is -0.984. The van der Waals surface area contributed by atoms with E-state index in [4.69, 9.17) is 15.5 Å². The Hall–Kier alpha value is -2.48. The molecule has 2 aromatic carbocycles. The van der Waals surface area contributed by atoms with Crippen LogP contribution in [0.1, 0.15) is 5.56 Å². The Bertz CT molecular complexity index is 1080. The summed E-state index contributed by atoms with van der Waals surface area (Å²) in [6.45, 7) is 3.19. The Balaban J connectivity index is 1.50. The van der Waals surface area contributed by atoms with E-state index in [0.717, 1.165) is 32.9 Å². The van der Waals surface area contributed by atoms with Crippen molar-refractivity contribution in [2.24, 2.45) is 5.73 Å². The Morgan fingerprint density at radius 2 is 1.97 bits per heavy atom. The van der Waals surface area contributed by atoms with E-state index in [0.29, 0.717) is 38.6 Å². The summed E-state index contributed by atoms with van der Waals surface area (Å²) in [4.78, 5) is 8.06. The number of para-hydroxylation sites is 1. The van der Waals surface area contributed by atoms with Crippen LogP contribution in [0.5, 0.6) is 0 Å². The van der Waals surface area contributed by atoms with E-state index >= 15 is 0 Å². The van der Waals surface area contributed by atoms with Crippen molar-refractivity contribution >= 4 is 33.2 Å². The first-order chi connectivity index (χ1) is 14.1. The van der Waals surface area contributed by atoms with Gasteiger partial charge in [-0.2, -0.15) is 0 Å². The molecule has 29 heavy (non-hydrogen) atoms. The predicted octanol–water partition coefficient (Wildman–Crippen LogP) is 2.50. The number of hydrogen-bond acceptors (Lipinski definition) is 6. The van der Waals surface area contributed by atoms with E-state index < -0.39 is 10.8 Å². The first-order valence-corrected chi connectivity index (χ1v) is 11.1. The van der Waals surface area contributed by atoms with Crippen LogP contribution in [-0.2, 0) is 22.1 Å². The molecule has 7 heteroatoms. The molecule has 0 saturated carbocycles. The van der Waals surface area contributed by atoms with Gasteiger partial charge < -0.3 is 20.7 Å². The van der Waals surface area contributed by atoms with Gasteiger partial charge in [-0.15, -0.1) is 0 Å². The number of pyridine rings is 1. The van der Waals surface area contributed by atoms with E-state index in [-0.39, 0.29) is 5.54 Å². The molecule has 5 rings (SSSR count). The summed E-state index contributed by atoms with van der Waals surface area (Å²) in [6, 6.07) is 18.2. The van der Waals surface area contributed by atoms with Crippen LogP contribution in [0.4, 0.5) is 11.5 Å². The van der Waals surface area contributed by atoms with Crippen LogP contribution in [0.25, 0.3) is 10.9 Å². The van der Waals surface area contributed by atoms with Gasteiger partial charge in [0.25, 0.3) is 0 Å². The second kappa shape index (κ2) is 7.40. The standard InChI is InChI=1S/C22H24N4O2S/c23-22(14-28-15-22)13-24-19-11-21(25-18-7-3-2-6-17(18)19)26-9-10-29(27)20-8-4-1-5-16(20)12-26/h1-8,11H,9-10,12-15,23H2,(H,24,25). The first kappa shape index (κ1) is 18.5. The highest BCUT2D eigenvalue weighted by atomic mass is 32.2. The molecule has 0 aliphatic carbocycles. The second-order valence-electron chi connectivity index (χ2n) is 7.83. The molecule has 1 saturated heterocycles. The van der Waals surface area contributed by atoms with Gasteiger partial charge in [0.15, 0.2) is 0 Å². The monoisotopic (exact) mass is 408 g/mol. The van der Waals surface area contributed by atoms with E-state index in [2.05, 4.69) is 28.4 Å². The zero-order valence-electron chi connectivity index (χ0n) is 16.1. The lowest BCUT2D eigenvalue weighted by Gasteiger charge is -2.38. The summed E-state index contributed by atoms with van der Waals surface area (Å²) < 4.78 is 17.9. The average molecular weight is 409 g/mol. The minimum absolute atomic E-state index is 0.316. The molecule has 3 aromatic rings. The van der Waals surface area contributed by atoms with Crippen LogP contribution in [0, 0.1) is 0 Å². The number of anilines is 2. The fourth-order valence-corrected chi connectivity index (χ4v) is 5.11. The molecule has 2 aliphatic rings. The van der Waals surface area contributed by atoms with Gasteiger partial charge >= 0.3 is 0 Å². The van der Waals surface area contributed by atoms with Gasteiger partial charge in [-0.05, 0) is 17.7 Å². The summed E-state index contributed by atoms with van der Waals surface area (Å²) in [5.41, 5.74) is 9.05. The molecule has 0 radical (unpaired) electrons. The summed E-state index contributed by atoms with van der Waals surface area (Å²) in [6.07, 6.45) is 0. The van der Waals surface area contributed by atoms with E-state index in [1.165, 1.54) is 0 Å². The molecule has 1 fully saturated rings. The highest BCUT2D eigenvalue weighted by Gasteiger charge is 2.34. The average Bonchev–Trinajstić information content (AvgIpc) is 2.90. The van der Waals surface area contributed by atoms with Gasteiger partial charge in [0.1, 0.15) is 5.82 Å². The second-order valence-corrected chi connectivity index (χ2v) is 9.37. The van der Waals surface area contributed by atoms with Gasteiger partial charge in [-0.3, -0.25) is 4.21 Å². The molecule has 150 valence electrons. The van der Waals surface area contributed by atoms with E-state index in [1.807, 2.05) is 36.4 Å². The van der Waals surface area contributed by atoms with Crippen molar-refractivity contribution in [1.82, 2.24) is 4.98 Å². The van der Waals surface area contributed by atoms with Crippen molar-refractivity contribution in [3.8, 4) is 0 Å². The van der Waals surface area contributed by atoms with Crippen LogP contribution < -0.4 is 16.0 Å². The third-order valence-corrected chi connectivity index (χ3v) is 7.00. The lowest BCUT2D eigenvalue weighted by molar-refractivity contribution is -0.0461. The van der Waals surface area contributed by atoms with E-state index in [1.54, 1.807) is 0 Å². The Morgan fingerprint density at radius 3 is 2.79 bits per heavy atom. The van der Waals surface area contributed by atoms with Crippen molar-refractivity contribution < 1.29 is 8.95 Å². The van der Waals surface area contributed by atoms with Gasteiger partial charge in [0.2, 0.25) is 0 Å². The Kier molecular flexibility index (Phi) is 4.73. The number of rotatable bonds is 4. The van der Waals surface area contributed by atoms with Crippen molar-refractivity contribution in [3.05, 3.63) is 60.2 Å². The maximum absolute atomic E-state index is 12.6. The zero-order chi connectivity index (χ0) is 19.8. The normalized spacial score (nSPS) is 20.6. The van der Waals surface area contributed by atoms with Crippen molar-refractivity contribution in [2.45, 2.75) is 17.0 Å². The Labute approximate surface area is 172 Å². The van der Waals surface area contributed by atoms with Gasteiger partial charge in [-0.1, -0.05) is 36.4 Å². The molecule has 3 N–H and O–H groups in total. The third-order valence-electron chi connectivity index (χ3n) is 5.56. The van der Waals surface area contributed by atoms with Crippen molar-refractivity contribution in [1.29, 1.82) is 0 Å². The molecule has 3 heterocycles. The molecule has 0 amide bonds. The minimum Gasteiger partial charge on any atom is -0.382 e. The van der Waals surface area contributed by atoms with Gasteiger partial charge in [0, 0.05) is 47.4 Å². The van der Waals surface area contributed by atoms with Crippen LogP contribution in [0.2, 0.25) is 0 Å². The molecule has 2 aliphatic heterocycles. The molecular formula is C22H24N4O2S. The quantitative estimate of drug-likeness (QED) is 0.691. The molecule has 1 aromatic heterocycles. The predicted molar refractivity (Wildman–Crippen MR) is 117 cm³/mol. The molecule has 0 spiro atoms. The number of benzene rings is 2. The third kappa shape index (κ3) is 3.61. The summed E-state index contributed by atoms with van der Waals surface area (Å²) in [7, 11) is -0.984. The molecular weight excluding hydrogens is 384 g/mol. The summed E-state index contributed by atoms with van der Waals surface area (Å²) in [5.74, 6) is 1.48. The number of aromatic nitrogens is 1. The molecule has 1 atom stereocenters. The number of nitrogens with one attached hydrogen (secondary N) is 1. The number of ether oxygens (including phenoxy) is 1. The number of hydrogen-bond donors (Lipinski definition) is 2. The lowest BCUT2D eigenvalue weighted by Crippen LogP contribution is -2.61. The van der Waals surface area contributed by atoms with Crippen LogP contribution in [-0.4, -0.2) is 46.8 Å². The fourth-order valence-electron chi connectivity index (χ4n) is 3.85. The van der Waals surface area contributed by atoms with Crippen molar-refractivity contribution in [3.63, 3.8) is 0 Å². The maximum atomic E-state index is 12.6. The Morgan fingerprint density at radius 1 is 1.17 bits per heavy atom. The van der Waals surface area contributed by atoms with Crippen LogP contribution in [0.3, 0.4) is 0 Å². The lowest BCUT2D eigenvalue weighted by atomic mass is 9.99. The number of nitrogens with zero attached hydrogens (tertiary/aromatic N) is 2. The van der Waals surface area contributed by atoms with Crippen LogP contribution >= 0.6 is 0 Å². The highest BCUT2D eigenvalue weighted by molar-refractivity contribution is 7.85. The first-order valence-electron chi connectivity index (χ1n) is 9.83. The van der Waals surface area contributed by atoms with Crippen molar-refractivity contribution in [2.75, 3.05) is 42.3 Å². The summed E-state index contributed by atoms with van der Waals surface area (Å²) >= 11 is 0. The number of fused-ring (bicyclic) bond motifs is 2. The maximum Gasteiger partial charge on any atom is 0.131 e. The molecule has 6 nitrogen and oxygen atoms in total. The molecule has 0 bridgehead atoms. The highest BCUT2D eigenvalue weighted by Crippen LogP contribution is 2.30. The summed E-state index contributed by atoms with van der Waals surface area (Å²) in [5, 5.41) is 4.59.